The van der Waals surface area contributed by atoms with Crippen LogP contribution in [0.15, 0.2) is 0 Å². The summed E-state index contributed by atoms with van der Waals surface area (Å²) in [7, 11) is 0. The van der Waals surface area contributed by atoms with E-state index < -0.39 is 5.97 Å². The standard InChI is InChI=1S/C10H19NO3S/c1-7(2)11(5-10(13)14)9(12)6-15-8(3)4/h7-8H,5-6H2,1-4H3,(H,13,14). The lowest BCUT2D eigenvalue weighted by Gasteiger charge is -2.25. The molecule has 15 heavy (non-hydrogen) atoms. The van der Waals surface area contributed by atoms with E-state index in [9.17, 15) is 9.59 Å². The third-order valence-electron chi connectivity index (χ3n) is 1.79. The maximum atomic E-state index is 11.7. The van der Waals surface area contributed by atoms with Crippen LogP contribution in [0.2, 0.25) is 0 Å². The number of rotatable bonds is 6. The molecule has 5 heteroatoms. The Labute approximate surface area is 95.0 Å². The maximum absolute atomic E-state index is 11.7. The molecule has 0 saturated heterocycles. The monoisotopic (exact) mass is 233 g/mol. The lowest BCUT2D eigenvalue weighted by atomic mass is 10.3. The van der Waals surface area contributed by atoms with Crippen molar-refractivity contribution in [2.24, 2.45) is 0 Å². The summed E-state index contributed by atoms with van der Waals surface area (Å²) >= 11 is 1.53. The first kappa shape index (κ1) is 14.3. The molecule has 0 unspecified atom stereocenters. The van der Waals surface area contributed by atoms with Crippen LogP contribution in [0, 0.1) is 0 Å². The van der Waals surface area contributed by atoms with Crippen LogP contribution in [0.5, 0.6) is 0 Å². The highest BCUT2D eigenvalue weighted by Gasteiger charge is 2.19. The van der Waals surface area contributed by atoms with Crippen LogP contribution < -0.4 is 0 Å². The van der Waals surface area contributed by atoms with Crippen molar-refractivity contribution >= 4 is 23.6 Å². The normalized spacial score (nSPS) is 10.8. The van der Waals surface area contributed by atoms with Gasteiger partial charge in [0.05, 0.1) is 5.75 Å². The van der Waals surface area contributed by atoms with Gasteiger partial charge in [-0.1, -0.05) is 13.8 Å². The molecule has 0 saturated carbocycles. The van der Waals surface area contributed by atoms with E-state index in [1.54, 1.807) is 0 Å². The van der Waals surface area contributed by atoms with Crippen LogP contribution in [0.3, 0.4) is 0 Å². The minimum Gasteiger partial charge on any atom is -0.480 e. The van der Waals surface area contributed by atoms with Gasteiger partial charge in [0, 0.05) is 6.04 Å². The number of amides is 1. The Morgan fingerprint density at radius 1 is 1.27 bits per heavy atom. The summed E-state index contributed by atoms with van der Waals surface area (Å²) in [5.74, 6) is -0.721. The minimum atomic E-state index is -0.966. The van der Waals surface area contributed by atoms with E-state index in [2.05, 4.69) is 0 Å². The molecule has 0 aromatic carbocycles. The summed E-state index contributed by atoms with van der Waals surface area (Å²) in [5.41, 5.74) is 0. The summed E-state index contributed by atoms with van der Waals surface area (Å²) in [6.07, 6.45) is 0. The fourth-order valence-electron chi connectivity index (χ4n) is 1.03. The predicted molar refractivity (Wildman–Crippen MR) is 62.1 cm³/mol. The van der Waals surface area contributed by atoms with Crippen LogP contribution in [-0.2, 0) is 9.59 Å². The largest absolute Gasteiger partial charge is 0.480 e. The second-order valence-electron chi connectivity index (χ2n) is 3.87. The van der Waals surface area contributed by atoms with E-state index in [4.69, 9.17) is 5.11 Å². The van der Waals surface area contributed by atoms with Crippen molar-refractivity contribution in [1.29, 1.82) is 0 Å². The Balaban J connectivity index is 4.23. The summed E-state index contributed by atoms with van der Waals surface area (Å²) in [6.45, 7) is 7.45. The van der Waals surface area contributed by atoms with Gasteiger partial charge in [-0.3, -0.25) is 9.59 Å². The Hall–Kier alpha value is -0.710. The molecule has 0 aliphatic carbocycles. The number of hydrogen-bond donors (Lipinski definition) is 1. The van der Waals surface area contributed by atoms with E-state index in [0.717, 1.165) is 0 Å². The molecule has 0 aromatic heterocycles. The highest BCUT2D eigenvalue weighted by Crippen LogP contribution is 2.11. The van der Waals surface area contributed by atoms with Gasteiger partial charge < -0.3 is 10.0 Å². The first-order valence-corrected chi connectivity index (χ1v) is 6.02. The second-order valence-corrected chi connectivity index (χ2v) is 5.43. The number of thioether (sulfide) groups is 1. The second kappa shape index (κ2) is 6.71. The molecule has 4 nitrogen and oxygen atoms in total. The molecule has 0 heterocycles. The van der Waals surface area contributed by atoms with Crippen LogP contribution in [0.4, 0.5) is 0 Å². The molecule has 0 rings (SSSR count). The molecule has 0 bridgehead atoms. The van der Waals surface area contributed by atoms with E-state index in [1.165, 1.54) is 16.7 Å². The molecule has 0 radical (unpaired) electrons. The number of carboxylic acid groups (broad SMARTS) is 1. The molecule has 0 spiro atoms. The van der Waals surface area contributed by atoms with E-state index >= 15 is 0 Å². The average Bonchev–Trinajstić information content (AvgIpc) is 2.09. The molecule has 0 atom stereocenters. The first-order valence-electron chi connectivity index (χ1n) is 4.97. The summed E-state index contributed by atoms with van der Waals surface area (Å²) in [6, 6.07) is -0.0682. The van der Waals surface area contributed by atoms with Crippen molar-refractivity contribution in [3.05, 3.63) is 0 Å². The van der Waals surface area contributed by atoms with Crippen molar-refractivity contribution in [3.8, 4) is 0 Å². The van der Waals surface area contributed by atoms with Gasteiger partial charge in [0.1, 0.15) is 6.54 Å². The van der Waals surface area contributed by atoms with E-state index in [0.29, 0.717) is 11.0 Å². The molecule has 0 fully saturated rings. The van der Waals surface area contributed by atoms with Crippen molar-refractivity contribution in [2.45, 2.75) is 39.0 Å². The number of carboxylic acids is 1. The molecule has 88 valence electrons. The fraction of sp³-hybridized carbons (Fsp3) is 0.800. The zero-order valence-corrected chi connectivity index (χ0v) is 10.5. The lowest BCUT2D eigenvalue weighted by Crippen LogP contribution is -2.41. The number of carbonyl (C=O) groups excluding carboxylic acids is 1. The fourth-order valence-corrected chi connectivity index (χ4v) is 1.67. The van der Waals surface area contributed by atoms with E-state index in [-0.39, 0.29) is 18.5 Å². The van der Waals surface area contributed by atoms with Crippen LogP contribution >= 0.6 is 11.8 Å². The van der Waals surface area contributed by atoms with Crippen LogP contribution in [-0.4, -0.2) is 45.5 Å². The Morgan fingerprint density at radius 2 is 1.80 bits per heavy atom. The minimum absolute atomic E-state index is 0.0682. The Bertz CT molecular complexity index is 229. The SMILES string of the molecule is CC(C)SCC(=O)N(CC(=O)O)C(C)C. The predicted octanol–water partition coefficient (Wildman–Crippen LogP) is 1.45. The van der Waals surface area contributed by atoms with Gasteiger partial charge in [0.15, 0.2) is 0 Å². The zero-order valence-electron chi connectivity index (χ0n) is 9.69. The smallest absolute Gasteiger partial charge is 0.323 e. The van der Waals surface area contributed by atoms with Crippen molar-refractivity contribution in [2.75, 3.05) is 12.3 Å². The number of nitrogens with zero attached hydrogens (tertiary/aromatic N) is 1. The maximum Gasteiger partial charge on any atom is 0.323 e. The topological polar surface area (TPSA) is 57.6 Å². The quantitative estimate of drug-likeness (QED) is 0.754. The summed E-state index contributed by atoms with van der Waals surface area (Å²) in [5, 5.41) is 9.04. The zero-order chi connectivity index (χ0) is 12.0. The van der Waals surface area contributed by atoms with Crippen molar-refractivity contribution in [1.82, 2.24) is 4.90 Å². The first-order chi connectivity index (χ1) is 6.84. The third-order valence-corrected chi connectivity index (χ3v) is 2.87. The number of aliphatic carboxylic acids is 1. The highest BCUT2D eigenvalue weighted by atomic mass is 32.2. The molecule has 1 N–H and O–H groups in total. The summed E-state index contributed by atoms with van der Waals surface area (Å²) < 4.78 is 0. The Morgan fingerprint density at radius 3 is 2.13 bits per heavy atom. The molecule has 0 aliphatic rings. The molecule has 0 aromatic rings. The molecular formula is C10H19NO3S. The highest BCUT2D eigenvalue weighted by molar-refractivity contribution is 8.00. The number of carbonyl (C=O) groups is 2. The van der Waals surface area contributed by atoms with Gasteiger partial charge in [0.25, 0.3) is 0 Å². The third kappa shape index (κ3) is 6.38. The van der Waals surface area contributed by atoms with Crippen molar-refractivity contribution in [3.63, 3.8) is 0 Å². The van der Waals surface area contributed by atoms with Gasteiger partial charge in [0.2, 0.25) is 5.91 Å². The lowest BCUT2D eigenvalue weighted by molar-refractivity contribution is -0.144. The van der Waals surface area contributed by atoms with Crippen molar-refractivity contribution < 1.29 is 14.7 Å². The molecule has 0 aliphatic heterocycles. The summed E-state index contributed by atoms with van der Waals surface area (Å²) in [4.78, 5) is 23.6. The van der Waals surface area contributed by atoms with Gasteiger partial charge in [-0.25, -0.2) is 0 Å². The average molecular weight is 233 g/mol. The van der Waals surface area contributed by atoms with E-state index in [1.807, 2.05) is 27.7 Å². The van der Waals surface area contributed by atoms with Gasteiger partial charge >= 0.3 is 5.97 Å². The molecular weight excluding hydrogens is 214 g/mol. The van der Waals surface area contributed by atoms with Gasteiger partial charge in [-0.2, -0.15) is 0 Å². The van der Waals surface area contributed by atoms with Gasteiger partial charge in [-0.15, -0.1) is 11.8 Å². The van der Waals surface area contributed by atoms with Gasteiger partial charge in [-0.05, 0) is 19.1 Å². The van der Waals surface area contributed by atoms with Crippen LogP contribution in [0.1, 0.15) is 27.7 Å². The Kier molecular flexibility index (Phi) is 6.40. The van der Waals surface area contributed by atoms with Crippen LogP contribution in [0.25, 0.3) is 0 Å². The molecule has 1 amide bonds. The number of hydrogen-bond acceptors (Lipinski definition) is 3.